The summed E-state index contributed by atoms with van der Waals surface area (Å²) in [4.78, 5) is 4.57. The molecule has 3 nitrogen and oxygen atoms in total. The van der Waals surface area contributed by atoms with Crippen molar-refractivity contribution in [1.29, 1.82) is 0 Å². The summed E-state index contributed by atoms with van der Waals surface area (Å²) < 4.78 is 9.04. The highest BCUT2D eigenvalue weighted by molar-refractivity contribution is 6.99. The van der Waals surface area contributed by atoms with Crippen molar-refractivity contribution in [2.75, 3.05) is 0 Å². The minimum atomic E-state index is -2.50. The maximum atomic E-state index is 6.91. The largest absolute Gasteiger partial charge is 0.401 e. The van der Waals surface area contributed by atoms with Crippen LogP contribution in [0.4, 0.5) is 0 Å². The van der Waals surface area contributed by atoms with Crippen LogP contribution >= 0.6 is 0 Å². The number of benzene rings is 2. The third-order valence-corrected chi connectivity index (χ3v) is 10.1. The van der Waals surface area contributed by atoms with Crippen LogP contribution in [0.3, 0.4) is 0 Å². The zero-order valence-corrected chi connectivity index (χ0v) is 18.0. The average Bonchev–Trinajstić information content (AvgIpc) is 3.12. The molecule has 0 aliphatic carbocycles. The number of nitrogens with zero attached hydrogens (tertiary/aromatic N) is 2. The highest BCUT2D eigenvalue weighted by Gasteiger charge is 2.50. The molecule has 0 atom stereocenters. The molecule has 0 aliphatic rings. The van der Waals surface area contributed by atoms with Crippen molar-refractivity contribution < 1.29 is 4.43 Å². The van der Waals surface area contributed by atoms with Gasteiger partial charge >= 0.3 is 0 Å². The lowest BCUT2D eigenvalue weighted by Gasteiger charge is -2.42. The predicted octanol–water partition coefficient (Wildman–Crippen LogP) is 4.54. The number of hydrogen-bond donors (Lipinski definition) is 0. The van der Waals surface area contributed by atoms with Crippen LogP contribution in [0.5, 0.6) is 0 Å². The predicted molar refractivity (Wildman–Crippen MR) is 115 cm³/mol. The van der Waals surface area contributed by atoms with Crippen molar-refractivity contribution in [3.8, 4) is 0 Å². The fourth-order valence-corrected chi connectivity index (χ4v) is 8.20. The molecule has 0 unspecified atom stereocenters. The molecule has 142 valence electrons. The minimum Gasteiger partial charge on any atom is -0.401 e. The van der Waals surface area contributed by atoms with Gasteiger partial charge in [0.25, 0.3) is 8.32 Å². The molecule has 0 amide bonds. The average molecular weight is 379 g/mol. The van der Waals surface area contributed by atoms with E-state index in [2.05, 4.69) is 111 Å². The molecule has 0 spiro atoms. The van der Waals surface area contributed by atoms with Gasteiger partial charge in [0.2, 0.25) is 0 Å². The Morgan fingerprint density at radius 2 is 1.44 bits per heavy atom. The quantitative estimate of drug-likeness (QED) is 0.589. The summed E-state index contributed by atoms with van der Waals surface area (Å²) in [5.41, 5.74) is 0.983. The first-order valence-electron chi connectivity index (χ1n) is 9.62. The third-order valence-electron chi connectivity index (χ3n) is 5.10. The van der Waals surface area contributed by atoms with Gasteiger partial charge in [-0.1, -0.05) is 81.4 Å². The Hall–Kier alpha value is -2.17. The van der Waals surface area contributed by atoms with E-state index in [4.69, 9.17) is 4.43 Å². The lowest BCUT2D eigenvalue weighted by atomic mass is 10.2. The van der Waals surface area contributed by atoms with E-state index in [1.807, 2.05) is 6.33 Å². The van der Waals surface area contributed by atoms with Gasteiger partial charge in [-0.15, -0.1) is 0 Å². The van der Waals surface area contributed by atoms with E-state index in [1.54, 1.807) is 0 Å². The van der Waals surface area contributed by atoms with Crippen LogP contribution in [0.15, 0.2) is 73.2 Å². The van der Waals surface area contributed by atoms with Gasteiger partial charge in [-0.3, -0.25) is 0 Å². The zero-order chi connectivity index (χ0) is 19.5. The molecule has 1 aromatic heterocycles. The monoisotopic (exact) mass is 378 g/mol. The van der Waals surface area contributed by atoms with Crippen LogP contribution in [0.25, 0.3) is 0 Å². The van der Waals surface area contributed by atoms with Gasteiger partial charge < -0.3 is 8.99 Å². The Kier molecular flexibility index (Phi) is 5.68. The number of rotatable bonds is 6. The SMILES string of the molecule is CC(C)n1cnc(CO[Si](c2ccccc2)(c2ccccc2)C(C)(C)C)c1. The highest BCUT2D eigenvalue weighted by atomic mass is 28.4. The molecular formula is C23H30N2OSi. The molecular weight excluding hydrogens is 348 g/mol. The van der Waals surface area contributed by atoms with Crippen LogP contribution in [0, 0.1) is 0 Å². The van der Waals surface area contributed by atoms with Gasteiger partial charge in [-0.25, -0.2) is 4.98 Å². The van der Waals surface area contributed by atoms with E-state index in [0.717, 1.165) is 5.69 Å². The van der Waals surface area contributed by atoms with Crippen molar-refractivity contribution in [3.63, 3.8) is 0 Å². The van der Waals surface area contributed by atoms with Crippen molar-refractivity contribution >= 4 is 18.7 Å². The topological polar surface area (TPSA) is 27.1 Å². The Bertz CT molecular complexity index is 811. The Morgan fingerprint density at radius 1 is 0.926 bits per heavy atom. The molecule has 0 radical (unpaired) electrons. The molecule has 0 aliphatic heterocycles. The third kappa shape index (κ3) is 3.92. The van der Waals surface area contributed by atoms with Gasteiger partial charge in [0.05, 0.1) is 18.6 Å². The maximum absolute atomic E-state index is 6.91. The first-order valence-corrected chi connectivity index (χ1v) is 11.5. The number of aromatic nitrogens is 2. The van der Waals surface area contributed by atoms with Crippen LogP contribution < -0.4 is 10.4 Å². The van der Waals surface area contributed by atoms with Crippen molar-refractivity contribution in [3.05, 3.63) is 78.9 Å². The second kappa shape index (κ2) is 7.83. The summed E-state index contributed by atoms with van der Waals surface area (Å²) in [5.74, 6) is 0. The smallest absolute Gasteiger partial charge is 0.261 e. The fourth-order valence-electron chi connectivity index (χ4n) is 3.68. The lowest BCUT2D eigenvalue weighted by molar-refractivity contribution is 0.282. The molecule has 1 heterocycles. The molecule has 0 N–H and O–H groups in total. The Labute approximate surface area is 164 Å². The lowest BCUT2D eigenvalue weighted by Crippen LogP contribution is -2.66. The summed E-state index contributed by atoms with van der Waals surface area (Å²) in [6.45, 7) is 11.7. The van der Waals surface area contributed by atoms with E-state index < -0.39 is 8.32 Å². The van der Waals surface area contributed by atoms with Gasteiger partial charge in [0, 0.05) is 12.2 Å². The van der Waals surface area contributed by atoms with E-state index in [9.17, 15) is 0 Å². The molecule has 4 heteroatoms. The van der Waals surface area contributed by atoms with Gasteiger partial charge in [0.15, 0.2) is 0 Å². The normalized spacial score (nSPS) is 12.5. The van der Waals surface area contributed by atoms with Crippen molar-refractivity contribution in [1.82, 2.24) is 9.55 Å². The van der Waals surface area contributed by atoms with E-state index in [1.165, 1.54) is 10.4 Å². The number of imidazole rings is 1. The van der Waals surface area contributed by atoms with Crippen LogP contribution in [-0.2, 0) is 11.0 Å². The van der Waals surface area contributed by atoms with Crippen LogP contribution in [-0.4, -0.2) is 17.9 Å². The van der Waals surface area contributed by atoms with E-state index >= 15 is 0 Å². The Morgan fingerprint density at radius 3 is 1.85 bits per heavy atom. The first-order chi connectivity index (χ1) is 12.8. The summed E-state index contributed by atoms with van der Waals surface area (Å²) in [7, 11) is -2.50. The molecule has 3 rings (SSSR count). The number of hydrogen-bond acceptors (Lipinski definition) is 2. The first kappa shape index (κ1) is 19.6. The fraction of sp³-hybridized carbons (Fsp3) is 0.348. The summed E-state index contributed by atoms with van der Waals surface area (Å²) in [6.07, 6.45) is 4.00. The van der Waals surface area contributed by atoms with Gasteiger partial charge in [-0.2, -0.15) is 0 Å². The second-order valence-electron chi connectivity index (χ2n) is 8.36. The van der Waals surface area contributed by atoms with Crippen molar-refractivity contribution in [2.45, 2.75) is 52.3 Å². The molecule has 0 fully saturated rings. The molecule has 3 aromatic rings. The van der Waals surface area contributed by atoms with Gasteiger partial charge in [0.1, 0.15) is 0 Å². The molecule has 0 bridgehead atoms. The van der Waals surface area contributed by atoms with Crippen LogP contribution in [0.2, 0.25) is 5.04 Å². The summed E-state index contributed by atoms with van der Waals surface area (Å²) >= 11 is 0. The standard InChI is InChI=1S/C23H30N2OSi/c1-19(2)25-16-20(24-18-25)17-26-27(23(3,4)5,21-12-8-6-9-13-21)22-14-10-7-11-15-22/h6-16,18-19H,17H2,1-5H3. The zero-order valence-electron chi connectivity index (χ0n) is 17.0. The molecule has 0 saturated carbocycles. The van der Waals surface area contributed by atoms with E-state index in [0.29, 0.717) is 12.6 Å². The van der Waals surface area contributed by atoms with E-state index in [-0.39, 0.29) is 5.04 Å². The van der Waals surface area contributed by atoms with Crippen LogP contribution in [0.1, 0.15) is 46.4 Å². The molecule has 27 heavy (non-hydrogen) atoms. The second-order valence-corrected chi connectivity index (χ2v) is 12.7. The summed E-state index contributed by atoms with van der Waals surface area (Å²) in [6, 6.07) is 21.9. The highest BCUT2D eigenvalue weighted by Crippen LogP contribution is 2.37. The van der Waals surface area contributed by atoms with Crippen molar-refractivity contribution in [2.24, 2.45) is 0 Å². The minimum absolute atomic E-state index is 0.0175. The van der Waals surface area contributed by atoms with Gasteiger partial charge in [-0.05, 0) is 29.3 Å². The molecule has 2 aromatic carbocycles. The molecule has 0 saturated heterocycles. The maximum Gasteiger partial charge on any atom is 0.261 e. The Balaban J connectivity index is 2.06. The summed E-state index contributed by atoms with van der Waals surface area (Å²) in [5, 5.41) is 2.58.